The first-order valence-electron chi connectivity index (χ1n) is 5.45. The van der Waals surface area contributed by atoms with E-state index in [4.69, 9.17) is 16.2 Å². The molecular formula is C14H16N2O. The molecule has 0 saturated heterocycles. The minimum atomic E-state index is -0.225. The summed E-state index contributed by atoms with van der Waals surface area (Å²) in [6, 6.07) is 15.3. The summed E-state index contributed by atoms with van der Waals surface area (Å²) in [6.45, 7) is 0. The molecule has 0 aliphatic carbocycles. The van der Waals surface area contributed by atoms with E-state index in [1.54, 1.807) is 7.11 Å². The normalized spacial score (nSPS) is 10.7. The third-order valence-electron chi connectivity index (χ3n) is 2.79. The molecule has 0 fully saturated rings. The Bertz CT molecular complexity index is 466. The second-order valence-corrected chi connectivity index (χ2v) is 3.87. The van der Waals surface area contributed by atoms with Crippen LogP contribution in [0.25, 0.3) is 0 Å². The molecule has 0 saturated carbocycles. The molecule has 3 heteroatoms. The molecule has 2 rings (SSSR count). The van der Waals surface area contributed by atoms with Crippen molar-refractivity contribution < 1.29 is 4.74 Å². The Morgan fingerprint density at radius 2 is 1.24 bits per heavy atom. The Morgan fingerprint density at radius 1 is 0.824 bits per heavy atom. The number of hydrogen-bond acceptors (Lipinski definition) is 3. The molecule has 4 N–H and O–H groups in total. The van der Waals surface area contributed by atoms with Gasteiger partial charge in [-0.25, -0.2) is 0 Å². The summed E-state index contributed by atoms with van der Waals surface area (Å²) in [5.74, 6) is 0. The largest absolute Gasteiger partial charge is 0.398 e. The Balaban J connectivity index is 2.48. The fourth-order valence-electron chi connectivity index (χ4n) is 1.92. The molecule has 88 valence electrons. The highest BCUT2D eigenvalue weighted by Crippen LogP contribution is 2.32. The van der Waals surface area contributed by atoms with Gasteiger partial charge in [0.1, 0.15) is 6.10 Å². The molecule has 0 heterocycles. The summed E-state index contributed by atoms with van der Waals surface area (Å²) in [7, 11) is 1.66. The molecule has 0 aromatic heterocycles. The van der Waals surface area contributed by atoms with Crippen molar-refractivity contribution in [3.05, 3.63) is 59.7 Å². The summed E-state index contributed by atoms with van der Waals surface area (Å²) in [4.78, 5) is 0. The third kappa shape index (κ3) is 2.24. The predicted molar refractivity (Wildman–Crippen MR) is 70.6 cm³/mol. The molecule has 17 heavy (non-hydrogen) atoms. The van der Waals surface area contributed by atoms with Crippen molar-refractivity contribution in [2.75, 3.05) is 18.6 Å². The monoisotopic (exact) mass is 228 g/mol. The second-order valence-electron chi connectivity index (χ2n) is 3.87. The number of nitrogens with two attached hydrogens (primary N) is 2. The smallest absolute Gasteiger partial charge is 0.111 e. The zero-order chi connectivity index (χ0) is 12.3. The van der Waals surface area contributed by atoms with Gasteiger partial charge >= 0.3 is 0 Å². The van der Waals surface area contributed by atoms with Crippen LogP contribution in [0, 0.1) is 0 Å². The van der Waals surface area contributed by atoms with E-state index in [9.17, 15) is 0 Å². The molecule has 0 aliphatic heterocycles. The Kier molecular flexibility index (Phi) is 3.30. The van der Waals surface area contributed by atoms with Gasteiger partial charge in [-0.05, 0) is 12.1 Å². The number of ether oxygens (including phenoxy) is 1. The SMILES string of the molecule is COC(c1ccccc1N)c1ccccc1N. The predicted octanol–water partition coefficient (Wildman–Crippen LogP) is 2.59. The van der Waals surface area contributed by atoms with E-state index < -0.39 is 0 Å². The summed E-state index contributed by atoms with van der Waals surface area (Å²) in [5, 5.41) is 0. The average Bonchev–Trinajstić information content (AvgIpc) is 2.34. The van der Waals surface area contributed by atoms with Crippen molar-refractivity contribution >= 4 is 11.4 Å². The van der Waals surface area contributed by atoms with E-state index in [2.05, 4.69) is 0 Å². The highest BCUT2D eigenvalue weighted by molar-refractivity contribution is 5.56. The van der Waals surface area contributed by atoms with Gasteiger partial charge < -0.3 is 16.2 Å². The minimum absolute atomic E-state index is 0.225. The van der Waals surface area contributed by atoms with Gasteiger partial charge in [0, 0.05) is 29.6 Å². The minimum Gasteiger partial charge on any atom is -0.398 e. The first kappa shape index (κ1) is 11.5. The quantitative estimate of drug-likeness (QED) is 0.794. The van der Waals surface area contributed by atoms with E-state index in [1.807, 2.05) is 48.5 Å². The molecule has 0 radical (unpaired) electrons. The van der Waals surface area contributed by atoms with Gasteiger partial charge in [0.15, 0.2) is 0 Å². The van der Waals surface area contributed by atoms with Gasteiger partial charge in [0.25, 0.3) is 0 Å². The van der Waals surface area contributed by atoms with Gasteiger partial charge in [-0.2, -0.15) is 0 Å². The molecule has 2 aromatic carbocycles. The van der Waals surface area contributed by atoms with Gasteiger partial charge in [-0.3, -0.25) is 0 Å². The van der Waals surface area contributed by atoms with E-state index in [-0.39, 0.29) is 6.10 Å². The van der Waals surface area contributed by atoms with Gasteiger partial charge in [-0.15, -0.1) is 0 Å². The average molecular weight is 228 g/mol. The van der Waals surface area contributed by atoms with Crippen LogP contribution in [0.5, 0.6) is 0 Å². The standard InChI is InChI=1S/C14H16N2O/c1-17-14(10-6-2-4-8-12(10)15)11-7-3-5-9-13(11)16/h2-9,14H,15-16H2,1H3. The molecule has 0 unspecified atom stereocenters. The van der Waals surface area contributed by atoms with Crippen molar-refractivity contribution in [3.8, 4) is 0 Å². The Hall–Kier alpha value is -2.00. The fraction of sp³-hybridized carbons (Fsp3) is 0.143. The number of anilines is 2. The number of nitrogen functional groups attached to an aromatic ring is 2. The van der Waals surface area contributed by atoms with Crippen LogP contribution in [0.4, 0.5) is 11.4 Å². The number of hydrogen-bond donors (Lipinski definition) is 2. The molecule has 3 nitrogen and oxygen atoms in total. The van der Waals surface area contributed by atoms with E-state index in [0.29, 0.717) is 11.4 Å². The number of para-hydroxylation sites is 2. The van der Waals surface area contributed by atoms with Crippen molar-refractivity contribution in [1.82, 2.24) is 0 Å². The van der Waals surface area contributed by atoms with E-state index in [1.165, 1.54) is 0 Å². The lowest BCUT2D eigenvalue weighted by Gasteiger charge is -2.19. The van der Waals surface area contributed by atoms with E-state index in [0.717, 1.165) is 11.1 Å². The molecule has 0 spiro atoms. The summed E-state index contributed by atoms with van der Waals surface area (Å²) in [5.41, 5.74) is 15.2. The Morgan fingerprint density at radius 3 is 1.59 bits per heavy atom. The van der Waals surface area contributed by atoms with Gasteiger partial charge in [-0.1, -0.05) is 36.4 Å². The van der Waals surface area contributed by atoms with E-state index >= 15 is 0 Å². The summed E-state index contributed by atoms with van der Waals surface area (Å²) < 4.78 is 5.52. The van der Waals surface area contributed by atoms with Crippen molar-refractivity contribution in [1.29, 1.82) is 0 Å². The topological polar surface area (TPSA) is 61.3 Å². The van der Waals surface area contributed by atoms with Crippen LogP contribution in [-0.4, -0.2) is 7.11 Å². The lowest BCUT2D eigenvalue weighted by atomic mass is 9.98. The third-order valence-corrected chi connectivity index (χ3v) is 2.79. The van der Waals surface area contributed by atoms with Crippen LogP contribution in [0.3, 0.4) is 0 Å². The van der Waals surface area contributed by atoms with Gasteiger partial charge in [0.2, 0.25) is 0 Å². The maximum absolute atomic E-state index is 5.96. The van der Waals surface area contributed by atoms with Gasteiger partial charge in [0.05, 0.1) is 0 Å². The number of rotatable bonds is 3. The number of methoxy groups -OCH3 is 1. The zero-order valence-corrected chi connectivity index (χ0v) is 9.76. The van der Waals surface area contributed by atoms with Crippen molar-refractivity contribution in [3.63, 3.8) is 0 Å². The first-order chi connectivity index (χ1) is 8.24. The first-order valence-corrected chi connectivity index (χ1v) is 5.45. The van der Waals surface area contributed by atoms with Crippen molar-refractivity contribution in [2.45, 2.75) is 6.10 Å². The van der Waals surface area contributed by atoms with Crippen molar-refractivity contribution in [2.24, 2.45) is 0 Å². The molecule has 0 aliphatic rings. The molecule has 2 aromatic rings. The van der Waals surface area contributed by atoms with Crippen LogP contribution in [0.2, 0.25) is 0 Å². The van der Waals surface area contributed by atoms with Crippen LogP contribution in [0.15, 0.2) is 48.5 Å². The second kappa shape index (κ2) is 4.89. The molecule has 0 amide bonds. The molecule has 0 atom stereocenters. The lowest BCUT2D eigenvalue weighted by Crippen LogP contribution is -2.08. The lowest BCUT2D eigenvalue weighted by molar-refractivity contribution is 0.137. The zero-order valence-electron chi connectivity index (χ0n) is 9.76. The van der Waals surface area contributed by atoms with Crippen LogP contribution in [-0.2, 0) is 4.74 Å². The maximum atomic E-state index is 5.96. The fourth-order valence-corrected chi connectivity index (χ4v) is 1.92. The van der Waals surface area contributed by atoms with Crippen LogP contribution in [0.1, 0.15) is 17.2 Å². The van der Waals surface area contributed by atoms with Crippen LogP contribution >= 0.6 is 0 Å². The highest BCUT2D eigenvalue weighted by atomic mass is 16.5. The summed E-state index contributed by atoms with van der Waals surface area (Å²) >= 11 is 0. The number of benzene rings is 2. The summed E-state index contributed by atoms with van der Waals surface area (Å²) in [6.07, 6.45) is -0.225. The highest BCUT2D eigenvalue weighted by Gasteiger charge is 2.17. The van der Waals surface area contributed by atoms with Crippen LogP contribution < -0.4 is 11.5 Å². The maximum Gasteiger partial charge on any atom is 0.111 e. The molecular weight excluding hydrogens is 212 g/mol. The molecule has 0 bridgehead atoms. The Labute approximate surface area is 101 Å².